The predicted molar refractivity (Wildman–Crippen MR) is 117 cm³/mol. The third-order valence-corrected chi connectivity index (χ3v) is 5.80. The molecule has 29 heavy (non-hydrogen) atoms. The number of hydrogen-bond acceptors (Lipinski definition) is 4. The van der Waals surface area contributed by atoms with Gasteiger partial charge in [-0.3, -0.25) is 4.90 Å². The van der Waals surface area contributed by atoms with Crippen molar-refractivity contribution < 1.29 is 4.74 Å². The van der Waals surface area contributed by atoms with Gasteiger partial charge in [0.1, 0.15) is 11.3 Å². The molecule has 0 unspecified atom stereocenters. The van der Waals surface area contributed by atoms with Crippen LogP contribution in [0.3, 0.4) is 0 Å². The van der Waals surface area contributed by atoms with E-state index in [-0.39, 0.29) is 0 Å². The number of hydrogen-bond donors (Lipinski definition) is 0. The van der Waals surface area contributed by atoms with Crippen molar-refractivity contribution in [1.82, 2.24) is 19.4 Å². The van der Waals surface area contributed by atoms with Crippen LogP contribution < -0.4 is 0 Å². The SMILES string of the molecule is Clc1nc2ccccc2c2c1nc(-c1ccccc1)n2CCCN1CCOCC1. The molecule has 1 saturated heterocycles. The average Bonchev–Trinajstić information content (AvgIpc) is 3.16. The molecule has 1 fully saturated rings. The Hall–Kier alpha value is -2.47. The van der Waals surface area contributed by atoms with Crippen molar-refractivity contribution in [2.45, 2.75) is 13.0 Å². The minimum Gasteiger partial charge on any atom is -0.379 e. The fourth-order valence-corrected chi connectivity index (χ4v) is 4.33. The van der Waals surface area contributed by atoms with E-state index in [1.165, 1.54) is 0 Å². The molecule has 0 spiro atoms. The molecule has 0 saturated carbocycles. The lowest BCUT2D eigenvalue weighted by Gasteiger charge is -2.26. The van der Waals surface area contributed by atoms with E-state index in [1.807, 2.05) is 36.4 Å². The van der Waals surface area contributed by atoms with Gasteiger partial charge in [-0.1, -0.05) is 60.1 Å². The number of nitrogens with zero attached hydrogens (tertiary/aromatic N) is 4. The van der Waals surface area contributed by atoms with Gasteiger partial charge >= 0.3 is 0 Å². The summed E-state index contributed by atoms with van der Waals surface area (Å²) in [5, 5.41) is 1.55. The second-order valence-electron chi connectivity index (χ2n) is 7.38. The molecule has 5 nitrogen and oxygen atoms in total. The van der Waals surface area contributed by atoms with Crippen LogP contribution in [0.5, 0.6) is 0 Å². The Bertz CT molecular complexity index is 1140. The molecule has 148 valence electrons. The first-order valence-corrected chi connectivity index (χ1v) is 10.5. The van der Waals surface area contributed by atoms with Crippen molar-refractivity contribution >= 4 is 33.5 Å². The lowest BCUT2D eigenvalue weighted by atomic mass is 10.2. The maximum Gasteiger partial charge on any atom is 0.157 e. The largest absolute Gasteiger partial charge is 0.379 e. The van der Waals surface area contributed by atoms with Gasteiger partial charge in [0.05, 0.1) is 24.2 Å². The molecule has 1 aliphatic rings. The fraction of sp³-hybridized carbons (Fsp3) is 0.304. The fourth-order valence-electron chi connectivity index (χ4n) is 4.10. The van der Waals surface area contributed by atoms with Crippen LogP contribution in [0.2, 0.25) is 5.15 Å². The molecular weight excluding hydrogens is 384 g/mol. The number of morpholine rings is 1. The molecule has 0 amide bonds. The summed E-state index contributed by atoms with van der Waals surface area (Å²) in [6.45, 7) is 5.60. The number of halogens is 1. The van der Waals surface area contributed by atoms with Crippen molar-refractivity contribution in [3.8, 4) is 11.4 Å². The van der Waals surface area contributed by atoms with Crippen LogP contribution in [0.1, 0.15) is 6.42 Å². The first-order chi connectivity index (χ1) is 14.3. The van der Waals surface area contributed by atoms with Crippen molar-refractivity contribution in [3.63, 3.8) is 0 Å². The van der Waals surface area contributed by atoms with E-state index in [0.717, 1.165) is 79.1 Å². The number of benzene rings is 2. The van der Waals surface area contributed by atoms with Crippen molar-refractivity contribution in [3.05, 3.63) is 59.8 Å². The van der Waals surface area contributed by atoms with E-state index in [2.05, 4.69) is 32.7 Å². The first kappa shape index (κ1) is 18.6. The molecule has 0 bridgehead atoms. The zero-order valence-corrected chi connectivity index (χ0v) is 17.0. The monoisotopic (exact) mass is 406 g/mol. The second kappa shape index (κ2) is 8.11. The predicted octanol–water partition coefficient (Wildman–Crippen LogP) is 4.63. The lowest BCUT2D eigenvalue weighted by molar-refractivity contribution is 0.0370. The highest BCUT2D eigenvalue weighted by molar-refractivity contribution is 6.35. The zero-order valence-electron chi connectivity index (χ0n) is 16.2. The highest BCUT2D eigenvalue weighted by Crippen LogP contribution is 2.33. The van der Waals surface area contributed by atoms with Gasteiger partial charge < -0.3 is 9.30 Å². The Morgan fingerprint density at radius 3 is 2.48 bits per heavy atom. The van der Waals surface area contributed by atoms with E-state index in [0.29, 0.717) is 5.15 Å². The number of aromatic nitrogens is 3. The number of rotatable bonds is 5. The number of imidazole rings is 1. The third-order valence-electron chi connectivity index (χ3n) is 5.53. The minimum atomic E-state index is 0.461. The summed E-state index contributed by atoms with van der Waals surface area (Å²) < 4.78 is 7.79. The van der Waals surface area contributed by atoms with Crippen LogP contribution in [-0.4, -0.2) is 52.3 Å². The van der Waals surface area contributed by atoms with E-state index < -0.39 is 0 Å². The summed E-state index contributed by atoms with van der Waals surface area (Å²) in [6.07, 6.45) is 1.04. The molecule has 0 atom stereocenters. The topological polar surface area (TPSA) is 43.2 Å². The first-order valence-electron chi connectivity index (χ1n) is 10.1. The molecule has 0 N–H and O–H groups in total. The smallest absolute Gasteiger partial charge is 0.157 e. The Kier molecular flexibility index (Phi) is 5.19. The van der Waals surface area contributed by atoms with Gasteiger partial charge in [0.15, 0.2) is 5.15 Å². The highest BCUT2D eigenvalue weighted by atomic mass is 35.5. The van der Waals surface area contributed by atoms with Gasteiger partial charge in [-0.15, -0.1) is 0 Å². The van der Waals surface area contributed by atoms with Crippen LogP contribution in [0, 0.1) is 0 Å². The van der Waals surface area contributed by atoms with Gasteiger partial charge in [-0.25, -0.2) is 9.97 Å². The zero-order chi connectivity index (χ0) is 19.6. The molecule has 3 heterocycles. The normalized spacial score (nSPS) is 15.3. The maximum atomic E-state index is 6.56. The maximum absolute atomic E-state index is 6.56. The summed E-state index contributed by atoms with van der Waals surface area (Å²) in [5.41, 5.74) is 3.84. The van der Waals surface area contributed by atoms with Gasteiger partial charge in [-0.05, 0) is 12.5 Å². The number of pyridine rings is 1. The molecule has 6 heteroatoms. The van der Waals surface area contributed by atoms with Crippen molar-refractivity contribution in [1.29, 1.82) is 0 Å². The Morgan fingerprint density at radius 2 is 1.66 bits per heavy atom. The van der Waals surface area contributed by atoms with Crippen LogP contribution in [0.25, 0.3) is 33.3 Å². The van der Waals surface area contributed by atoms with Crippen LogP contribution in [0.4, 0.5) is 0 Å². The Balaban J connectivity index is 1.60. The molecule has 0 aliphatic carbocycles. The van der Waals surface area contributed by atoms with Crippen molar-refractivity contribution in [2.75, 3.05) is 32.8 Å². The highest BCUT2D eigenvalue weighted by Gasteiger charge is 2.19. The lowest BCUT2D eigenvalue weighted by Crippen LogP contribution is -2.37. The number of para-hydroxylation sites is 1. The van der Waals surface area contributed by atoms with Gasteiger partial charge in [-0.2, -0.15) is 0 Å². The molecule has 1 aliphatic heterocycles. The Morgan fingerprint density at radius 1 is 0.897 bits per heavy atom. The summed E-state index contributed by atoms with van der Waals surface area (Å²) in [7, 11) is 0. The quantitative estimate of drug-likeness (QED) is 0.453. The molecule has 4 aromatic rings. The van der Waals surface area contributed by atoms with E-state index in [9.17, 15) is 0 Å². The molecule has 5 rings (SSSR count). The van der Waals surface area contributed by atoms with Crippen LogP contribution in [0.15, 0.2) is 54.6 Å². The van der Waals surface area contributed by atoms with Gasteiger partial charge in [0.25, 0.3) is 0 Å². The van der Waals surface area contributed by atoms with Crippen molar-refractivity contribution in [2.24, 2.45) is 0 Å². The number of ether oxygens (including phenoxy) is 1. The van der Waals surface area contributed by atoms with Crippen LogP contribution >= 0.6 is 11.6 Å². The second-order valence-corrected chi connectivity index (χ2v) is 7.74. The summed E-state index contributed by atoms with van der Waals surface area (Å²) in [6, 6.07) is 18.5. The summed E-state index contributed by atoms with van der Waals surface area (Å²) >= 11 is 6.56. The van der Waals surface area contributed by atoms with E-state index in [1.54, 1.807) is 0 Å². The van der Waals surface area contributed by atoms with Gasteiger partial charge in [0.2, 0.25) is 0 Å². The molecular formula is C23H23ClN4O. The molecule has 2 aromatic carbocycles. The standard InChI is InChI=1S/C23H23ClN4O/c24-22-20-21(18-9-4-5-10-19(18)25-22)28(12-6-11-27-13-15-29-16-14-27)23(26-20)17-7-2-1-3-8-17/h1-5,7-10H,6,11-16H2. The Labute approximate surface area is 174 Å². The van der Waals surface area contributed by atoms with E-state index >= 15 is 0 Å². The van der Waals surface area contributed by atoms with E-state index in [4.69, 9.17) is 21.3 Å². The van der Waals surface area contributed by atoms with Gasteiger partial charge in [0, 0.05) is 37.1 Å². The number of fused-ring (bicyclic) bond motifs is 3. The third kappa shape index (κ3) is 3.62. The number of aryl methyl sites for hydroxylation is 1. The average molecular weight is 407 g/mol. The summed E-state index contributed by atoms with van der Waals surface area (Å²) in [4.78, 5) is 12.0. The van der Waals surface area contributed by atoms with Crippen LogP contribution in [-0.2, 0) is 11.3 Å². The molecule has 2 aromatic heterocycles. The molecule has 0 radical (unpaired) electrons. The summed E-state index contributed by atoms with van der Waals surface area (Å²) in [5.74, 6) is 0.947. The minimum absolute atomic E-state index is 0.461.